The van der Waals surface area contributed by atoms with Gasteiger partial charge in [-0.05, 0) is 24.3 Å². The molecule has 0 fully saturated rings. The average Bonchev–Trinajstić information content (AvgIpc) is 2.39. The van der Waals surface area contributed by atoms with Crippen LogP contribution in [0.15, 0.2) is 36.4 Å². The molecule has 0 saturated carbocycles. The van der Waals surface area contributed by atoms with E-state index in [4.69, 9.17) is 15.6 Å². The van der Waals surface area contributed by atoms with Gasteiger partial charge in [0.05, 0.1) is 18.5 Å². The Morgan fingerprint density at radius 3 is 2.78 bits per heavy atom. The van der Waals surface area contributed by atoms with Gasteiger partial charge in [0.15, 0.2) is 5.69 Å². The molecule has 0 amide bonds. The van der Waals surface area contributed by atoms with Crippen molar-refractivity contribution in [3.05, 3.63) is 42.1 Å². The largest absolute Gasteiger partial charge is 0.497 e. The number of hydrogen-bond donors (Lipinski definition) is 2. The van der Waals surface area contributed by atoms with E-state index >= 15 is 0 Å². The van der Waals surface area contributed by atoms with Gasteiger partial charge in [-0.25, -0.2) is 9.78 Å². The second-order valence-corrected chi connectivity index (χ2v) is 3.67. The van der Waals surface area contributed by atoms with Crippen molar-refractivity contribution in [1.29, 1.82) is 0 Å². The van der Waals surface area contributed by atoms with Gasteiger partial charge >= 0.3 is 5.97 Å². The zero-order valence-electron chi connectivity index (χ0n) is 9.75. The summed E-state index contributed by atoms with van der Waals surface area (Å²) < 4.78 is 5.11. The highest BCUT2D eigenvalue weighted by Gasteiger charge is 2.11. The molecule has 3 N–H and O–H groups in total. The first-order valence-electron chi connectivity index (χ1n) is 5.26. The Kier molecular flexibility index (Phi) is 3.14. The van der Waals surface area contributed by atoms with E-state index in [-0.39, 0.29) is 11.4 Å². The summed E-state index contributed by atoms with van der Waals surface area (Å²) in [7, 11) is 1.57. The molecule has 1 aromatic carbocycles. The summed E-state index contributed by atoms with van der Waals surface area (Å²) in [6.45, 7) is 0. The highest BCUT2D eigenvalue weighted by molar-refractivity contribution is 5.92. The Hall–Kier alpha value is -2.56. The van der Waals surface area contributed by atoms with E-state index in [1.54, 1.807) is 25.3 Å². The molecule has 5 heteroatoms. The minimum Gasteiger partial charge on any atom is -0.497 e. The first kappa shape index (κ1) is 11.9. The van der Waals surface area contributed by atoms with Crippen molar-refractivity contribution in [3.63, 3.8) is 0 Å². The highest BCUT2D eigenvalue weighted by atomic mass is 16.5. The summed E-state index contributed by atoms with van der Waals surface area (Å²) in [5.41, 5.74) is 6.88. The van der Waals surface area contributed by atoms with E-state index in [9.17, 15) is 4.79 Å². The molecule has 0 bridgehead atoms. The van der Waals surface area contributed by atoms with E-state index in [1.165, 1.54) is 6.07 Å². The zero-order chi connectivity index (χ0) is 13.1. The zero-order valence-corrected chi connectivity index (χ0v) is 9.75. The number of aromatic carboxylic acids is 1. The molecule has 2 rings (SSSR count). The van der Waals surface area contributed by atoms with Gasteiger partial charge in [-0.3, -0.25) is 0 Å². The van der Waals surface area contributed by atoms with Crippen LogP contribution in [-0.4, -0.2) is 23.2 Å². The number of methoxy groups -OCH3 is 1. The van der Waals surface area contributed by atoms with Gasteiger partial charge in [0, 0.05) is 5.56 Å². The maximum Gasteiger partial charge on any atom is 0.356 e. The molecule has 5 nitrogen and oxygen atoms in total. The molecule has 0 aliphatic rings. The number of aromatic nitrogens is 1. The van der Waals surface area contributed by atoms with Crippen LogP contribution in [0.2, 0.25) is 0 Å². The third-order valence-electron chi connectivity index (χ3n) is 2.49. The predicted octanol–water partition coefficient (Wildman–Crippen LogP) is 2.04. The number of ether oxygens (including phenoxy) is 1. The Morgan fingerprint density at radius 2 is 2.11 bits per heavy atom. The van der Waals surface area contributed by atoms with Gasteiger partial charge < -0.3 is 15.6 Å². The Balaban J connectivity index is 2.50. The van der Waals surface area contributed by atoms with Crippen molar-refractivity contribution in [1.82, 2.24) is 4.98 Å². The fourth-order valence-corrected chi connectivity index (χ4v) is 1.58. The number of carbonyl (C=O) groups is 1. The number of rotatable bonds is 3. The van der Waals surface area contributed by atoms with Gasteiger partial charge in [-0.2, -0.15) is 0 Å². The summed E-state index contributed by atoms with van der Waals surface area (Å²) in [5, 5.41) is 8.97. The molecular formula is C13H12N2O3. The number of hydrogen-bond acceptors (Lipinski definition) is 4. The maximum atomic E-state index is 11.0. The average molecular weight is 244 g/mol. The van der Waals surface area contributed by atoms with Crippen molar-refractivity contribution in [2.45, 2.75) is 0 Å². The summed E-state index contributed by atoms with van der Waals surface area (Å²) >= 11 is 0. The first-order valence-corrected chi connectivity index (χ1v) is 5.26. The van der Waals surface area contributed by atoms with Crippen LogP contribution in [0.25, 0.3) is 11.3 Å². The molecule has 0 spiro atoms. The molecule has 1 heterocycles. The molecule has 0 radical (unpaired) electrons. The molecule has 0 aliphatic carbocycles. The lowest BCUT2D eigenvalue weighted by molar-refractivity contribution is 0.0692. The predicted molar refractivity (Wildman–Crippen MR) is 67.6 cm³/mol. The number of benzene rings is 1. The van der Waals surface area contributed by atoms with Crippen molar-refractivity contribution in [2.75, 3.05) is 12.8 Å². The summed E-state index contributed by atoms with van der Waals surface area (Å²) in [5.74, 6) is -0.458. The number of carboxylic acid groups (broad SMARTS) is 1. The minimum absolute atomic E-state index is 0.143. The number of carboxylic acids is 1. The Labute approximate surface area is 104 Å². The number of pyridine rings is 1. The second-order valence-electron chi connectivity index (χ2n) is 3.67. The van der Waals surface area contributed by atoms with Gasteiger partial charge in [0.1, 0.15) is 5.75 Å². The quantitative estimate of drug-likeness (QED) is 0.862. The highest BCUT2D eigenvalue weighted by Crippen LogP contribution is 2.23. The normalized spacial score (nSPS) is 10.1. The van der Waals surface area contributed by atoms with Crippen molar-refractivity contribution >= 4 is 11.7 Å². The van der Waals surface area contributed by atoms with Crippen molar-refractivity contribution < 1.29 is 14.6 Å². The van der Waals surface area contributed by atoms with E-state index in [1.807, 2.05) is 12.1 Å². The van der Waals surface area contributed by atoms with Crippen LogP contribution in [0.3, 0.4) is 0 Å². The van der Waals surface area contributed by atoms with Gasteiger partial charge in [0.2, 0.25) is 0 Å². The molecule has 2 aromatic rings. The maximum absolute atomic E-state index is 11.0. The van der Waals surface area contributed by atoms with Gasteiger partial charge in [-0.15, -0.1) is 0 Å². The van der Waals surface area contributed by atoms with E-state index in [0.717, 1.165) is 5.56 Å². The summed E-state index contributed by atoms with van der Waals surface area (Å²) in [4.78, 5) is 15.0. The van der Waals surface area contributed by atoms with E-state index in [0.29, 0.717) is 11.4 Å². The monoisotopic (exact) mass is 244 g/mol. The van der Waals surface area contributed by atoms with Crippen molar-refractivity contribution in [2.24, 2.45) is 0 Å². The van der Waals surface area contributed by atoms with Crippen LogP contribution >= 0.6 is 0 Å². The Bertz CT molecular complexity index is 597. The standard InChI is InChI=1S/C13H12N2O3/c1-18-9-4-2-3-8(7-9)11-6-5-10(14)12(15-11)13(16)17/h2-7H,14H2,1H3,(H,16,17). The van der Waals surface area contributed by atoms with Gasteiger partial charge in [-0.1, -0.05) is 12.1 Å². The summed E-state index contributed by atoms with van der Waals surface area (Å²) in [6, 6.07) is 10.4. The number of nitrogens with zero attached hydrogens (tertiary/aromatic N) is 1. The number of nitrogen functional groups attached to an aromatic ring is 1. The topological polar surface area (TPSA) is 85.4 Å². The first-order chi connectivity index (χ1) is 8.61. The molecule has 1 aromatic heterocycles. The van der Waals surface area contributed by atoms with Crippen molar-refractivity contribution in [3.8, 4) is 17.0 Å². The smallest absolute Gasteiger partial charge is 0.356 e. The van der Waals surface area contributed by atoms with Gasteiger partial charge in [0.25, 0.3) is 0 Å². The van der Waals surface area contributed by atoms with Crippen LogP contribution in [0.1, 0.15) is 10.5 Å². The third-order valence-corrected chi connectivity index (χ3v) is 2.49. The Morgan fingerprint density at radius 1 is 1.33 bits per heavy atom. The number of nitrogens with two attached hydrogens (primary N) is 1. The molecule has 0 atom stereocenters. The molecule has 0 unspecified atom stereocenters. The van der Waals surface area contributed by atoms with E-state index < -0.39 is 5.97 Å². The fourth-order valence-electron chi connectivity index (χ4n) is 1.58. The van der Waals surface area contributed by atoms with Crippen LogP contribution in [0, 0.1) is 0 Å². The SMILES string of the molecule is COc1cccc(-c2ccc(N)c(C(=O)O)n2)c1. The third kappa shape index (κ3) is 2.24. The van der Waals surface area contributed by atoms with Crippen LogP contribution in [0.5, 0.6) is 5.75 Å². The lowest BCUT2D eigenvalue weighted by Crippen LogP contribution is -2.06. The minimum atomic E-state index is -1.14. The van der Waals surface area contributed by atoms with E-state index in [2.05, 4.69) is 4.98 Å². The lowest BCUT2D eigenvalue weighted by Gasteiger charge is -2.06. The molecule has 18 heavy (non-hydrogen) atoms. The fraction of sp³-hybridized carbons (Fsp3) is 0.0769. The lowest BCUT2D eigenvalue weighted by atomic mass is 10.1. The summed E-state index contributed by atoms with van der Waals surface area (Å²) in [6.07, 6.45) is 0. The molecule has 0 saturated heterocycles. The van der Waals surface area contributed by atoms with Crippen LogP contribution in [0.4, 0.5) is 5.69 Å². The second kappa shape index (κ2) is 4.75. The molecule has 92 valence electrons. The number of anilines is 1. The molecular weight excluding hydrogens is 232 g/mol. The van der Waals surface area contributed by atoms with Crippen LogP contribution in [-0.2, 0) is 0 Å². The van der Waals surface area contributed by atoms with Crippen LogP contribution < -0.4 is 10.5 Å². The molecule has 0 aliphatic heterocycles.